The lowest BCUT2D eigenvalue weighted by Crippen LogP contribution is -2.49. The van der Waals surface area contributed by atoms with E-state index in [1.165, 1.54) is 18.2 Å². The van der Waals surface area contributed by atoms with Gasteiger partial charge >= 0.3 is 12.1 Å². The second kappa shape index (κ2) is 7.98. The smallest absolute Gasteiger partial charge is 0.422 e. The van der Waals surface area contributed by atoms with Crippen molar-refractivity contribution in [3.63, 3.8) is 0 Å². The van der Waals surface area contributed by atoms with E-state index in [1.54, 1.807) is 13.8 Å². The Morgan fingerprint density at radius 1 is 1.25 bits per heavy atom. The van der Waals surface area contributed by atoms with Crippen LogP contribution in [-0.4, -0.2) is 40.3 Å². The molecule has 1 amide bonds. The number of aromatic nitrogens is 1. The van der Waals surface area contributed by atoms with Crippen LogP contribution in [0.15, 0.2) is 18.2 Å². The van der Waals surface area contributed by atoms with Crippen molar-refractivity contribution in [1.29, 1.82) is 0 Å². The summed E-state index contributed by atoms with van der Waals surface area (Å²) in [6.07, 6.45) is -4.02. The first-order valence-electron chi connectivity index (χ1n) is 7.31. The highest BCUT2D eigenvalue weighted by Crippen LogP contribution is 2.21. The van der Waals surface area contributed by atoms with Gasteiger partial charge in [-0.3, -0.25) is 9.59 Å². The van der Waals surface area contributed by atoms with Crippen LogP contribution in [0.3, 0.4) is 0 Å². The number of hydrogen-bond donors (Lipinski definition) is 2. The van der Waals surface area contributed by atoms with Gasteiger partial charge in [0.1, 0.15) is 5.69 Å². The minimum Gasteiger partial charge on any atom is -0.481 e. The van der Waals surface area contributed by atoms with Crippen molar-refractivity contribution in [1.82, 2.24) is 10.3 Å². The molecule has 0 aliphatic rings. The second-order valence-electron chi connectivity index (χ2n) is 5.28. The predicted octanol–water partition coefficient (Wildman–Crippen LogP) is 2.79. The third-order valence-electron chi connectivity index (χ3n) is 3.56. The highest BCUT2D eigenvalue weighted by molar-refractivity contribution is 5.93. The fourth-order valence-electron chi connectivity index (χ4n) is 2.09. The summed E-state index contributed by atoms with van der Waals surface area (Å²) in [6, 6.07) is 3.85. The molecule has 9 heteroatoms. The molecule has 0 unspecified atom stereocenters. The van der Waals surface area contributed by atoms with Crippen LogP contribution in [0.4, 0.5) is 13.2 Å². The van der Waals surface area contributed by atoms with Gasteiger partial charge in [-0.25, -0.2) is 4.98 Å². The number of pyridine rings is 1. The Kier molecular flexibility index (Phi) is 6.56. The average molecular weight is 348 g/mol. The summed E-state index contributed by atoms with van der Waals surface area (Å²) in [5, 5.41) is 11.6. The second-order valence-corrected chi connectivity index (χ2v) is 5.28. The molecule has 0 bridgehead atoms. The first-order valence-corrected chi connectivity index (χ1v) is 7.31. The third kappa shape index (κ3) is 6.05. The van der Waals surface area contributed by atoms with Gasteiger partial charge < -0.3 is 15.2 Å². The first kappa shape index (κ1) is 19.7. The molecule has 0 fully saturated rings. The van der Waals surface area contributed by atoms with Crippen LogP contribution in [0.2, 0.25) is 0 Å². The number of carbonyl (C=O) groups excluding carboxylic acids is 1. The molecule has 2 N–H and O–H groups in total. The molecular weight excluding hydrogens is 329 g/mol. The molecule has 0 aliphatic heterocycles. The van der Waals surface area contributed by atoms with Crippen molar-refractivity contribution in [2.45, 2.75) is 44.8 Å². The zero-order valence-corrected chi connectivity index (χ0v) is 13.3. The van der Waals surface area contributed by atoms with Gasteiger partial charge in [0.05, 0.1) is 12.0 Å². The van der Waals surface area contributed by atoms with Crippen molar-refractivity contribution in [3.8, 4) is 5.88 Å². The molecule has 0 radical (unpaired) electrons. The number of ether oxygens (including phenoxy) is 1. The zero-order chi connectivity index (χ0) is 18.4. The van der Waals surface area contributed by atoms with E-state index in [4.69, 9.17) is 5.11 Å². The van der Waals surface area contributed by atoms with E-state index in [-0.39, 0.29) is 18.0 Å². The number of carboxylic acids is 1. The lowest BCUT2D eigenvalue weighted by atomic mass is 9.89. The quantitative estimate of drug-likeness (QED) is 0.754. The summed E-state index contributed by atoms with van der Waals surface area (Å²) < 4.78 is 40.9. The van der Waals surface area contributed by atoms with E-state index < -0.39 is 30.2 Å². The Morgan fingerprint density at radius 3 is 2.38 bits per heavy atom. The van der Waals surface area contributed by atoms with Gasteiger partial charge in [0, 0.05) is 6.07 Å². The summed E-state index contributed by atoms with van der Waals surface area (Å²) in [5.74, 6) is -2.07. The van der Waals surface area contributed by atoms with Crippen molar-refractivity contribution in [3.05, 3.63) is 23.9 Å². The molecule has 0 spiro atoms. The van der Waals surface area contributed by atoms with E-state index in [0.717, 1.165) is 0 Å². The fourth-order valence-corrected chi connectivity index (χ4v) is 2.09. The normalized spacial score (nSPS) is 11.9. The lowest BCUT2D eigenvalue weighted by molar-refractivity contribution is -0.154. The van der Waals surface area contributed by atoms with Crippen molar-refractivity contribution >= 4 is 11.9 Å². The van der Waals surface area contributed by atoms with E-state index in [0.29, 0.717) is 12.8 Å². The number of halogens is 3. The molecule has 134 valence electrons. The number of alkyl halides is 3. The van der Waals surface area contributed by atoms with E-state index in [1.807, 2.05) is 0 Å². The summed E-state index contributed by atoms with van der Waals surface area (Å²) in [5.41, 5.74) is -1.10. The van der Waals surface area contributed by atoms with Crippen LogP contribution in [-0.2, 0) is 4.79 Å². The monoisotopic (exact) mass is 348 g/mol. The van der Waals surface area contributed by atoms with Crippen LogP contribution in [0.5, 0.6) is 5.88 Å². The molecule has 0 aliphatic carbocycles. The SMILES string of the molecule is CCC(CC)(CC(=O)O)NC(=O)c1cccc(OCC(F)(F)F)n1. The fraction of sp³-hybridized carbons (Fsp3) is 0.533. The van der Waals surface area contributed by atoms with Gasteiger partial charge in [-0.15, -0.1) is 0 Å². The predicted molar refractivity (Wildman–Crippen MR) is 78.8 cm³/mol. The maximum atomic E-state index is 12.3. The molecule has 0 aromatic carbocycles. The van der Waals surface area contributed by atoms with Crippen LogP contribution in [0, 0.1) is 0 Å². The van der Waals surface area contributed by atoms with Gasteiger partial charge in [0.15, 0.2) is 6.61 Å². The van der Waals surface area contributed by atoms with Crippen molar-refractivity contribution in [2.75, 3.05) is 6.61 Å². The molecule has 1 heterocycles. The third-order valence-corrected chi connectivity index (χ3v) is 3.56. The Labute approximate surface area is 137 Å². The van der Waals surface area contributed by atoms with Crippen LogP contribution < -0.4 is 10.1 Å². The van der Waals surface area contributed by atoms with Gasteiger partial charge in [-0.2, -0.15) is 13.2 Å². The first-order chi connectivity index (χ1) is 11.1. The number of carboxylic acid groups (broad SMARTS) is 1. The molecular formula is C15H19F3N2O4. The number of aliphatic carboxylic acids is 1. The van der Waals surface area contributed by atoms with Gasteiger partial charge in [0.25, 0.3) is 5.91 Å². The van der Waals surface area contributed by atoms with Gasteiger partial charge in [-0.05, 0) is 18.9 Å². The van der Waals surface area contributed by atoms with Gasteiger partial charge in [0.2, 0.25) is 5.88 Å². The molecule has 1 aromatic heterocycles. The van der Waals surface area contributed by atoms with E-state index in [2.05, 4.69) is 15.0 Å². The number of nitrogens with one attached hydrogen (secondary N) is 1. The standard InChI is InChI=1S/C15H19F3N2O4/c1-3-14(4-2,8-12(21)22)20-13(23)10-6-5-7-11(19-10)24-9-15(16,17)18/h5-7H,3-4,8-9H2,1-2H3,(H,20,23)(H,21,22). The van der Waals surface area contributed by atoms with E-state index >= 15 is 0 Å². The number of rotatable bonds is 8. The Balaban J connectivity index is 2.88. The maximum Gasteiger partial charge on any atom is 0.422 e. The zero-order valence-electron chi connectivity index (χ0n) is 13.3. The number of carbonyl (C=O) groups is 2. The van der Waals surface area contributed by atoms with Crippen molar-refractivity contribution in [2.24, 2.45) is 0 Å². The number of hydrogen-bond acceptors (Lipinski definition) is 4. The lowest BCUT2D eigenvalue weighted by Gasteiger charge is -2.31. The highest BCUT2D eigenvalue weighted by Gasteiger charge is 2.32. The van der Waals surface area contributed by atoms with Crippen LogP contribution in [0.25, 0.3) is 0 Å². The molecule has 1 rings (SSSR count). The van der Waals surface area contributed by atoms with E-state index in [9.17, 15) is 22.8 Å². The molecule has 6 nitrogen and oxygen atoms in total. The molecule has 24 heavy (non-hydrogen) atoms. The molecule has 0 saturated carbocycles. The average Bonchev–Trinajstić information content (AvgIpc) is 2.51. The maximum absolute atomic E-state index is 12.3. The largest absolute Gasteiger partial charge is 0.481 e. The number of nitrogens with zero attached hydrogens (tertiary/aromatic N) is 1. The Hall–Kier alpha value is -2.32. The summed E-state index contributed by atoms with van der Waals surface area (Å²) in [6.45, 7) is 1.96. The Morgan fingerprint density at radius 2 is 1.88 bits per heavy atom. The molecule has 1 aromatic rings. The summed E-state index contributed by atoms with van der Waals surface area (Å²) in [7, 11) is 0. The van der Waals surface area contributed by atoms with Crippen LogP contribution in [0.1, 0.15) is 43.6 Å². The molecule has 0 saturated heterocycles. The molecule has 0 atom stereocenters. The minimum atomic E-state index is -4.51. The van der Waals surface area contributed by atoms with Crippen LogP contribution >= 0.6 is 0 Å². The number of amides is 1. The van der Waals surface area contributed by atoms with Crippen molar-refractivity contribution < 1.29 is 32.6 Å². The van der Waals surface area contributed by atoms with Gasteiger partial charge in [-0.1, -0.05) is 19.9 Å². The summed E-state index contributed by atoms with van der Waals surface area (Å²) >= 11 is 0. The minimum absolute atomic E-state index is 0.147. The highest BCUT2D eigenvalue weighted by atomic mass is 19.4. The Bertz CT molecular complexity index is 586. The summed E-state index contributed by atoms with van der Waals surface area (Å²) in [4.78, 5) is 27.0. The topological polar surface area (TPSA) is 88.5 Å².